The number of hydrogen-bond donors (Lipinski definition) is 0. The highest BCUT2D eigenvalue weighted by Gasteiger charge is 2.14. The van der Waals surface area contributed by atoms with E-state index < -0.39 is 0 Å². The molecule has 0 aliphatic rings. The maximum absolute atomic E-state index is 12.5. The number of carbonyl (C=O) groups excluding carboxylic acids is 2. The van der Waals surface area contributed by atoms with Crippen LogP contribution in [-0.2, 0) is 0 Å². The van der Waals surface area contributed by atoms with Gasteiger partial charge in [-0.2, -0.15) is 0 Å². The molecule has 0 radical (unpaired) electrons. The third-order valence-corrected chi connectivity index (χ3v) is 5.25. The van der Waals surface area contributed by atoms with E-state index in [1.165, 1.54) is 12.1 Å². The van der Waals surface area contributed by atoms with Crippen molar-refractivity contribution in [2.45, 2.75) is 0 Å². The zero-order valence-electron chi connectivity index (χ0n) is 13.1. The van der Waals surface area contributed by atoms with Gasteiger partial charge in [-0.3, -0.25) is 9.59 Å². The molecule has 0 saturated carbocycles. The van der Waals surface area contributed by atoms with Crippen molar-refractivity contribution in [3.05, 3.63) is 103 Å². The third-order valence-electron chi connectivity index (χ3n) is 3.77. The SMILES string of the molecule is O=C(c1ccc(C(=O)c2ccc(Cl)c(Cl)c2)cc1)c1ccc(Cl)c(Cl)c1. The van der Waals surface area contributed by atoms with Gasteiger partial charge in [0.1, 0.15) is 0 Å². The molecule has 0 saturated heterocycles. The molecule has 0 aromatic heterocycles. The Morgan fingerprint density at radius 3 is 1.08 bits per heavy atom. The number of benzene rings is 3. The predicted molar refractivity (Wildman–Crippen MR) is 106 cm³/mol. The summed E-state index contributed by atoms with van der Waals surface area (Å²) in [7, 11) is 0. The maximum atomic E-state index is 12.5. The monoisotopic (exact) mass is 422 g/mol. The summed E-state index contributed by atoms with van der Waals surface area (Å²) in [4.78, 5) is 25.0. The largest absolute Gasteiger partial charge is 0.289 e. The van der Waals surface area contributed by atoms with Gasteiger partial charge in [0.2, 0.25) is 0 Å². The molecule has 130 valence electrons. The lowest BCUT2D eigenvalue weighted by atomic mass is 9.98. The first-order valence-electron chi connectivity index (χ1n) is 7.46. The number of carbonyl (C=O) groups is 2. The van der Waals surface area contributed by atoms with E-state index in [9.17, 15) is 9.59 Å². The molecule has 3 aromatic rings. The summed E-state index contributed by atoms with van der Waals surface area (Å²) in [6.07, 6.45) is 0. The van der Waals surface area contributed by atoms with Gasteiger partial charge >= 0.3 is 0 Å². The molecule has 0 fully saturated rings. The first kappa shape index (κ1) is 18.9. The van der Waals surface area contributed by atoms with Crippen LogP contribution in [0.5, 0.6) is 0 Å². The molecular formula is C20H10Cl4O2. The van der Waals surface area contributed by atoms with Crippen molar-refractivity contribution in [2.75, 3.05) is 0 Å². The van der Waals surface area contributed by atoms with Crippen molar-refractivity contribution < 1.29 is 9.59 Å². The summed E-state index contributed by atoms with van der Waals surface area (Å²) < 4.78 is 0. The fraction of sp³-hybridized carbons (Fsp3) is 0. The maximum Gasteiger partial charge on any atom is 0.193 e. The number of ketones is 2. The van der Waals surface area contributed by atoms with Gasteiger partial charge in [0.25, 0.3) is 0 Å². The molecule has 26 heavy (non-hydrogen) atoms. The zero-order valence-corrected chi connectivity index (χ0v) is 16.1. The third kappa shape index (κ3) is 3.94. The van der Waals surface area contributed by atoms with E-state index in [0.717, 1.165) is 0 Å². The highest BCUT2D eigenvalue weighted by Crippen LogP contribution is 2.25. The highest BCUT2D eigenvalue weighted by molar-refractivity contribution is 6.42. The van der Waals surface area contributed by atoms with Crippen molar-refractivity contribution in [1.29, 1.82) is 0 Å². The van der Waals surface area contributed by atoms with E-state index in [-0.39, 0.29) is 11.6 Å². The Bertz CT molecular complexity index is 928. The molecule has 0 atom stereocenters. The van der Waals surface area contributed by atoms with Crippen molar-refractivity contribution >= 4 is 58.0 Å². The summed E-state index contributed by atoms with van der Waals surface area (Å²) in [5.74, 6) is -0.422. The van der Waals surface area contributed by atoms with Crippen LogP contribution in [0.25, 0.3) is 0 Å². The lowest BCUT2D eigenvalue weighted by molar-refractivity contribution is 0.102. The molecule has 2 nitrogen and oxygen atoms in total. The van der Waals surface area contributed by atoms with Crippen molar-refractivity contribution in [2.24, 2.45) is 0 Å². The van der Waals surface area contributed by atoms with Gasteiger partial charge in [-0.05, 0) is 36.4 Å². The molecule has 0 spiro atoms. The molecular weight excluding hydrogens is 414 g/mol. The highest BCUT2D eigenvalue weighted by atomic mass is 35.5. The summed E-state index contributed by atoms with van der Waals surface area (Å²) in [5, 5.41) is 1.38. The van der Waals surface area contributed by atoms with Gasteiger partial charge in [-0.1, -0.05) is 70.7 Å². The van der Waals surface area contributed by atoms with Crippen molar-refractivity contribution in [1.82, 2.24) is 0 Å². The van der Waals surface area contributed by atoms with E-state index in [0.29, 0.717) is 42.3 Å². The van der Waals surface area contributed by atoms with Gasteiger partial charge in [0.15, 0.2) is 11.6 Å². The standard InChI is InChI=1S/C20H10Cl4O2/c21-15-7-5-13(9-17(15)23)19(25)11-1-2-12(4-3-11)20(26)14-6-8-16(22)18(24)10-14/h1-10H. The average molecular weight is 424 g/mol. The van der Waals surface area contributed by atoms with E-state index >= 15 is 0 Å². The Kier molecular flexibility index (Phi) is 5.69. The van der Waals surface area contributed by atoms with Gasteiger partial charge in [-0.25, -0.2) is 0 Å². The van der Waals surface area contributed by atoms with Crippen molar-refractivity contribution in [3.63, 3.8) is 0 Å². The van der Waals surface area contributed by atoms with Crippen LogP contribution < -0.4 is 0 Å². The van der Waals surface area contributed by atoms with Gasteiger partial charge < -0.3 is 0 Å². The van der Waals surface area contributed by atoms with Gasteiger partial charge in [0.05, 0.1) is 20.1 Å². The molecule has 6 heteroatoms. The topological polar surface area (TPSA) is 34.1 Å². The van der Waals surface area contributed by atoms with Crippen LogP contribution in [0.15, 0.2) is 60.7 Å². The Morgan fingerprint density at radius 2 is 0.769 bits per heavy atom. The molecule has 0 amide bonds. The summed E-state index contributed by atoms with van der Waals surface area (Å²) in [5.41, 5.74) is 1.72. The number of hydrogen-bond acceptors (Lipinski definition) is 2. The van der Waals surface area contributed by atoms with Crippen LogP contribution in [0.1, 0.15) is 31.8 Å². The first-order chi connectivity index (χ1) is 12.4. The van der Waals surface area contributed by atoms with Crippen LogP contribution in [-0.4, -0.2) is 11.6 Å². The van der Waals surface area contributed by atoms with Crippen LogP contribution in [0.3, 0.4) is 0 Å². The molecule has 0 bridgehead atoms. The predicted octanol–water partition coefficient (Wildman–Crippen LogP) is 6.76. The Labute approximate surface area is 170 Å². The molecule has 0 aliphatic carbocycles. The second kappa shape index (κ2) is 7.81. The van der Waals surface area contributed by atoms with Gasteiger partial charge in [-0.15, -0.1) is 0 Å². The lowest BCUT2D eigenvalue weighted by Gasteiger charge is -2.06. The molecule has 0 aliphatic heterocycles. The molecule has 0 heterocycles. The van der Waals surface area contributed by atoms with Crippen LogP contribution in [0.2, 0.25) is 20.1 Å². The van der Waals surface area contributed by atoms with E-state index in [2.05, 4.69) is 0 Å². The van der Waals surface area contributed by atoms with E-state index in [1.54, 1.807) is 48.5 Å². The number of rotatable bonds is 4. The summed E-state index contributed by atoms with van der Waals surface area (Å²) in [6.45, 7) is 0. The molecule has 3 aromatic carbocycles. The van der Waals surface area contributed by atoms with Crippen molar-refractivity contribution in [3.8, 4) is 0 Å². The average Bonchev–Trinajstić information content (AvgIpc) is 2.65. The van der Waals surface area contributed by atoms with Crippen LogP contribution in [0, 0.1) is 0 Å². The normalized spacial score (nSPS) is 10.6. The quantitative estimate of drug-likeness (QED) is 0.434. The second-order valence-corrected chi connectivity index (χ2v) is 7.12. The molecule has 0 N–H and O–H groups in total. The fourth-order valence-electron chi connectivity index (χ4n) is 2.38. The lowest BCUT2D eigenvalue weighted by Crippen LogP contribution is -2.04. The number of halogens is 4. The van der Waals surface area contributed by atoms with E-state index in [1.807, 2.05) is 0 Å². The minimum absolute atomic E-state index is 0.211. The Morgan fingerprint density at radius 1 is 0.462 bits per heavy atom. The molecule has 3 rings (SSSR count). The minimum atomic E-state index is -0.211. The second-order valence-electron chi connectivity index (χ2n) is 5.49. The Balaban J connectivity index is 1.85. The summed E-state index contributed by atoms with van der Waals surface area (Å²) in [6, 6.07) is 15.7. The first-order valence-corrected chi connectivity index (χ1v) is 8.97. The zero-order chi connectivity index (χ0) is 18.8. The van der Waals surface area contributed by atoms with E-state index in [4.69, 9.17) is 46.4 Å². The Hall–Kier alpha value is -1.84. The van der Waals surface area contributed by atoms with Gasteiger partial charge in [0, 0.05) is 22.3 Å². The van der Waals surface area contributed by atoms with Crippen LogP contribution >= 0.6 is 46.4 Å². The smallest absolute Gasteiger partial charge is 0.193 e. The molecule has 0 unspecified atom stereocenters. The summed E-state index contributed by atoms with van der Waals surface area (Å²) >= 11 is 23.6. The minimum Gasteiger partial charge on any atom is -0.289 e. The van der Waals surface area contributed by atoms with Crippen LogP contribution in [0.4, 0.5) is 0 Å². The fourth-order valence-corrected chi connectivity index (χ4v) is 2.98.